The average Bonchev–Trinajstić information content (AvgIpc) is 3.23. The van der Waals surface area contributed by atoms with Gasteiger partial charge in [0.2, 0.25) is 0 Å². The number of benzene rings is 2. The number of ether oxygens (including phenoxy) is 2. The van der Waals surface area contributed by atoms with E-state index >= 15 is 0 Å². The van der Waals surface area contributed by atoms with Crippen LogP contribution in [0.1, 0.15) is 0 Å². The zero-order chi connectivity index (χ0) is 19.6. The van der Waals surface area contributed by atoms with Gasteiger partial charge in [0.1, 0.15) is 16.8 Å². The van der Waals surface area contributed by atoms with Gasteiger partial charge in [-0.25, -0.2) is 14.6 Å². The molecule has 7 nitrogen and oxygen atoms in total. The van der Waals surface area contributed by atoms with Crippen molar-refractivity contribution in [2.24, 2.45) is 0 Å². The maximum Gasteiger partial charge on any atom is 0.160 e. The van der Waals surface area contributed by atoms with Gasteiger partial charge in [-0.2, -0.15) is 5.10 Å². The van der Waals surface area contributed by atoms with Gasteiger partial charge in [0.25, 0.3) is 0 Å². The topological polar surface area (TPSA) is 65.3 Å². The summed E-state index contributed by atoms with van der Waals surface area (Å²) in [6, 6.07) is 16.1. The number of methoxy groups -OCH3 is 1. The number of morpholine rings is 1. The summed E-state index contributed by atoms with van der Waals surface area (Å²) in [4.78, 5) is 11.6. The minimum atomic E-state index is 0.651. The van der Waals surface area contributed by atoms with Gasteiger partial charge < -0.3 is 14.4 Å². The smallest absolute Gasteiger partial charge is 0.160 e. The van der Waals surface area contributed by atoms with Gasteiger partial charge in [-0.05, 0) is 36.4 Å². The van der Waals surface area contributed by atoms with Crippen LogP contribution >= 0.6 is 0 Å². The van der Waals surface area contributed by atoms with Crippen molar-refractivity contribution in [3.8, 4) is 22.8 Å². The second kappa shape index (κ2) is 7.52. The highest BCUT2D eigenvalue weighted by Crippen LogP contribution is 2.24. The van der Waals surface area contributed by atoms with E-state index in [-0.39, 0.29) is 0 Å². The van der Waals surface area contributed by atoms with Crippen LogP contribution in [0.15, 0.2) is 60.9 Å². The van der Waals surface area contributed by atoms with Crippen LogP contribution in [0.2, 0.25) is 0 Å². The van der Waals surface area contributed by atoms with Crippen molar-refractivity contribution < 1.29 is 9.47 Å². The first kappa shape index (κ1) is 17.6. The summed E-state index contributed by atoms with van der Waals surface area (Å²) >= 11 is 0. The van der Waals surface area contributed by atoms with Gasteiger partial charge >= 0.3 is 0 Å². The third-order valence-electron chi connectivity index (χ3n) is 5.12. The average molecular weight is 387 g/mol. The Morgan fingerprint density at radius 1 is 0.966 bits per heavy atom. The number of hydrogen-bond donors (Lipinski definition) is 0. The number of fused-ring (bicyclic) bond motifs is 1. The Labute approximate surface area is 168 Å². The summed E-state index contributed by atoms with van der Waals surface area (Å²) in [7, 11) is 1.65. The fourth-order valence-electron chi connectivity index (χ4n) is 3.55. The van der Waals surface area contributed by atoms with E-state index in [1.165, 1.54) is 5.69 Å². The molecular weight excluding hydrogens is 366 g/mol. The Balaban J connectivity index is 1.45. The highest BCUT2D eigenvalue weighted by Gasteiger charge is 2.13. The third-order valence-corrected chi connectivity index (χ3v) is 5.12. The van der Waals surface area contributed by atoms with Crippen LogP contribution < -0.4 is 9.64 Å². The molecule has 3 heterocycles. The maximum absolute atomic E-state index is 5.43. The molecule has 0 radical (unpaired) electrons. The summed E-state index contributed by atoms with van der Waals surface area (Å²) in [6.07, 6.45) is 3.59. The lowest BCUT2D eigenvalue weighted by molar-refractivity contribution is 0.122. The molecule has 0 unspecified atom stereocenters. The predicted molar refractivity (Wildman–Crippen MR) is 112 cm³/mol. The van der Waals surface area contributed by atoms with Gasteiger partial charge in [0.05, 0.1) is 38.4 Å². The molecule has 1 aliphatic rings. The van der Waals surface area contributed by atoms with Crippen LogP contribution in [0.5, 0.6) is 5.75 Å². The summed E-state index contributed by atoms with van der Waals surface area (Å²) in [6.45, 7) is 3.40. The molecule has 0 spiro atoms. The van der Waals surface area contributed by atoms with Crippen molar-refractivity contribution in [2.45, 2.75) is 0 Å². The van der Waals surface area contributed by atoms with E-state index in [1.54, 1.807) is 13.3 Å². The first-order chi connectivity index (χ1) is 14.3. The molecule has 0 atom stereocenters. The zero-order valence-electron chi connectivity index (χ0n) is 16.2. The second-order valence-electron chi connectivity index (χ2n) is 6.87. The quantitative estimate of drug-likeness (QED) is 0.535. The Bertz CT molecular complexity index is 1130. The molecule has 0 bridgehead atoms. The molecular formula is C22H21N5O2. The van der Waals surface area contributed by atoms with Gasteiger partial charge in [0, 0.05) is 24.3 Å². The molecule has 2 aromatic heterocycles. The molecule has 0 N–H and O–H groups in total. The largest absolute Gasteiger partial charge is 0.497 e. The second-order valence-corrected chi connectivity index (χ2v) is 6.87. The fraction of sp³-hybridized carbons (Fsp3) is 0.227. The van der Waals surface area contributed by atoms with Gasteiger partial charge in [-0.15, -0.1) is 0 Å². The lowest BCUT2D eigenvalue weighted by Crippen LogP contribution is -2.36. The fourth-order valence-corrected chi connectivity index (χ4v) is 3.55. The van der Waals surface area contributed by atoms with E-state index < -0.39 is 0 Å². The highest BCUT2D eigenvalue weighted by molar-refractivity contribution is 5.77. The number of hydrogen-bond acceptors (Lipinski definition) is 6. The molecule has 0 aliphatic carbocycles. The molecule has 1 aliphatic heterocycles. The SMILES string of the molecule is COc1cccc(-c2ncc3c(cnn3-c3ccc(N4CCOCC4)cc3)n2)c1. The normalized spacial score (nSPS) is 14.3. The monoisotopic (exact) mass is 387 g/mol. The summed E-state index contributed by atoms with van der Waals surface area (Å²) in [5.74, 6) is 1.43. The van der Waals surface area contributed by atoms with Gasteiger partial charge in [0.15, 0.2) is 5.82 Å². The van der Waals surface area contributed by atoms with E-state index in [0.29, 0.717) is 5.82 Å². The van der Waals surface area contributed by atoms with E-state index in [1.807, 2.05) is 35.1 Å². The molecule has 4 aromatic rings. The minimum Gasteiger partial charge on any atom is -0.497 e. The number of rotatable bonds is 4. The van der Waals surface area contributed by atoms with Crippen molar-refractivity contribution >= 4 is 16.7 Å². The molecule has 29 heavy (non-hydrogen) atoms. The molecule has 2 aromatic carbocycles. The maximum atomic E-state index is 5.43. The van der Waals surface area contributed by atoms with Crippen LogP contribution in [0.4, 0.5) is 5.69 Å². The van der Waals surface area contributed by atoms with E-state index in [4.69, 9.17) is 9.47 Å². The Kier molecular flexibility index (Phi) is 4.57. The van der Waals surface area contributed by atoms with Crippen LogP contribution in [0.25, 0.3) is 28.1 Å². The number of anilines is 1. The standard InChI is InChI=1S/C22H21N5O2/c1-28-19-4-2-3-16(13-19)22-23-15-21-20(25-22)14-24-27(21)18-7-5-17(6-8-18)26-9-11-29-12-10-26/h2-8,13-15H,9-12H2,1H3. The van der Waals surface area contributed by atoms with Crippen LogP contribution in [-0.2, 0) is 4.74 Å². The first-order valence-electron chi connectivity index (χ1n) is 9.60. The first-order valence-corrected chi connectivity index (χ1v) is 9.60. The minimum absolute atomic E-state index is 0.651. The van der Waals surface area contributed by atoms with Crippen LogP contribution in [-0.4, -0.2) is 53.2 Å². The molecule has 7 heteroatoms. The molecule has 146 valence electrons. The molecule has 1 fully saturated rings. The molecule has 5 rings (SSSR count). The number of aromatic nitrogens is 4. The third kappa shape index (κ3) is 3.40. The summed E-state index contributed by atoms with van der Waals surface area (Å²) < 4.78 is 12.6. The van der Waals surface area contributed by atoms with Crippen molar-refractivity contribution in [3.63, 3.8) is 0 Å². The number of nitrogens with zero attached hydrogens (tertiary/aromatic N) is 5. The van der Waals surface area contributed by atoms with Crippen molar-refractivity contribution in [1.82, 2.24) is 19.7 Å². The van der Waals surface area contributed by atoms with Gasteiger partial charge in [-0.1, -0.05) is 12.1 Å². The van der Waals surface area contributed by atoms with E-state index in [9.17, 15) is 0 Å². The molecule has 1 saturated heterocycles. The van der Waals surface area contributed by atoms with Crippen molar-refractivity contribution in [3.05, 3.63) is 60.9 Å². The lowest BCUT2D eigenvalue weighted by atomic mass is 10.2. The van der Waals surface area contributed by atoms with Crippen LogP contribution in [0.3, 0.4) is 0 Å². The van der Waals surface area contributed by atoms with E-state index in [0.717, 1.165) is 54.3 Å². The molecule has 0 amide bonds. The van der Waals surface area contributed by atoms with E-state index in [2.05, 4.69) is 44.2 Å². The predicted octanol–water partition coefficient (Wildman–Crippen LogP) is 3.33. The Morgan fingerprint density at radius 2 is 1.76 bits per heavy atom. The van der Waals surface area contributed by atoms with Crippen molar-refractivity contribution in [1.29, 1.82) is 0 Å². The molecule has 0 saturated carbocycles. The van der Waals surface area contributed by atoms with Gasteiger partial charge in [-0.3, -0.25) is 0 Å². The zero-order valence-corrected chi connectivity index (χ0v) is 16.2. The lowest BCUT2D eigenvalue weighted by Gasteiger charge is -2.28. The Hall–Kier alpha value is -3.45. The summed E-state index contributed by atoms with van der Waals surface area (Å²) in [5.41, 5.74) is 4.76. The van der Waals surface area contributed by atoms with Crippen LogP contribution in [0, 0.1) is 0 Å². The Morgan fingerprint density at radius 3 is 2.55 bits per heavy atom. The highest BCUT2D eigenvalue weighted by atomic mass is 16.5. The van der Waals surface area contributed by atoms with Crippen molar-refractivity contribution in [2.75, 3.05) is 38.3 Å². The summed E-state index contributed by atoms with van der Waals surface area (Å²) in [5, 5.41) is 4.53.